The lowest BCUT2D eigenvalue weighted by Gasteiger charge is -2.32. The fourth-order valence-electron chi connectivity index (χ4n) is 3.66. The maximum absolute atomic E-state index is 14.6. The summed E-state index contributed by atoms with van der Waals surface area (Å²) in [6.45, 7) is 1.50. The van der Waals surface area contributed by atoms with E-state index >= 15 is 0 Å². The number of benzene rings is 2. The molecule has 12 heteroatoms. The molecular formula is C20H19ClF2N4O3S2. The van der Waals surface area contributed by atoms with Crippen LogP contribution in [0.15, 0.2) is 47.6 Å². The van der Waals surface area contributed by atoms with Crippen LogP contribution in [0.25, 0.3) is 0 Å². The molecular weight excluding hydrogens is 482 g/mol. The Bertz CT molecular complexity index is 1160. The molecule has 2 N–H and O–H groups in total. The van der Waals surface area contributed by atoms with Gasteiger partial charge < -0.3 is 10.1 Å². The minimum absolute atomic E-state index is 0.0100. The van der Waals surface area contributed by atoms with Crippen molar-refractivity contribution < 1.29 is 21.9 Å². The monoisotopic (exact) mass is 500 g/mol. The first-order chi connectivity index (χ1) is 15.3. The fraction of sp³-hybridized carbons (Fsp3) is 0.300. The normalized spacial score (nSPS) is 19.0. The molecule has 0 bridgehead atoms. The number of hydrogen-bond donors (Lipinski definition) is 2. The van der Waals surface area contributed by atoms with E-state index in [-0.39, 0.29) is 23.6 Å². The summed E-state index contributed by atoms with van der Waals surface area (Å²) >= 11 is 6.78. The van der Waals surface area contributed by atoms with E-state index < -0.39 is 32.3 Å². The highest BCUT2D eigenvalue weighted by atomic mass is 35.5. The van der Waals surface area contributed by atoms with Crippen molar-refractivity contribution in [3.8, 4) is 5.75 Å². The second-order valence-electron chi connectivity index (χ2n) is 7.29. The SMILES string of the molecule is O=S(=O)(Nc1ncns1)c1cc(F)c(OCC2CNCCC2c2ccc(Cl)cc2)c(F)c1. The van der Waals surface area contributed by atoms with Crippen LogP contribution in [0.4, 0.5) is 13.9 Å². The first-order valence-electron chi connectivity index (χ1n) is 9.71. The third-order valence-electron chi connectivity index (χ3n) is 5.21. The summed E-state index contributed by atoms with van der Waals surface area (Å²) in [6.07, 6.45) is 2.01. The van der Waals surface area contributed by atoms with Crippen molar-refractivity contribution in [3.05, 3.63) is 64.9 Å². The van der Waals surface area contributed by atoms with E-state index in [1.807, 2.05) is 24.3 Å². The van der Waals surface area contributed by atoms with Crippen molar-refractivity contribution >= 4 is 38.3 Å². The Morgan fingerprint density at radius 2 is 1.94 bits per heavy atom. The van der Waals surface area contributed by atoms with Crippen molar-refractivity contribution in [1.29, 1.82) is 0 Å². The third kappa shape index (κ3) is 5.17. The first-order valence-corrected chi connectivity index (χ1v) is 12.3. The molecule has 0 aliphatic carbocycles. The fourth-order valence-corrected chi connectivity index (χ4v) is 5.47. The molecule has 170 valence electrons. The van der Waals surface area contributed by atoms with Crippen molar-refractivity contribution in [1.82, 2.24) is 14.7 Å². The summed E-state index contributed by atoms with van der Waals surface area (Å²) in [4.78, 5) is 3.12. The van der Waals surface area contributed by atoms with E-state index in [1.54, 1.807) is 0 Å². The molecule has 2 aromatic carbocycles. The predicted molar refractivity (Wildman–Crippen MR) is 118 cm³/mol. The summed E-state index contributed by atoms with van der Waals surface area (Å²) in [5, 5.41) is 3.89. The lowest BCUT2D eigenvalue weighted by atomic mass is 9.81. The molecule has 1 aromatic heterocycles. The number of nitrogens with one attached hydrogen (secondary N) is 2. The van der Waals surface area contributed by atoms with Gasteiger partial charge in [0.05, 0.1) is 11.5 Å². The van der Waals surface area contributed by atoms with Crippen LogP contribution in [0.5, 0.6) is 5.75 Å². The zero-order valence-corrected chi connectivity index (χ0v) is 19.0. The van der Waals surface area contributed by atoms with Crippen molar-refractivity contribution in [2.45, 2.75) is 17.2 Å². The summed E-state index contributed by atoms with van der Waals surface area (Å²) in [7, 11) is -4.23. The molecule has 2 unspecified atom stereocenters. The Morgan fingerprint density at radius 3 is 2.59 bits per heavy atom. The first kappa shape index (κ1) is 22.8. The molecule has 0 radical (unpaired) electrons. The van der Waals surface area contributed by atoms with E-state index in [1.165, 1.54) is 0 Å². The topological polar surface area (TPSA) is 93.2 Å². The Hall–Kier alpha value is -2.34. The van der Waals surface area contributed by atoms with E-state index in [0.29, 0.717) is 11.6 Å². The zero-order valence-electron chi connectivity index (χ0n) is 16.6. The van der Waals surface area contributed by atoms with Crippen LogP contribution in [0.1, 0.15) is 17.9 Å². The largest absolute Gasteiger partial charge is 0.487 e. The number of ether oxygens (including phenoxy) is 1. The highest BCUT2D eigenvalue weighted by Gasteiger charge is 2.28. The predicted octanol–water partition coefficient (Wildman–Crippen LogP) is 4.04. The zero-order chi connectivity index (χ0) is 22.7. The maximum atomic E-state index is 14.6. The molecule has 0 spiro atoms. The molecule has 1 aliphatic rings. The van der Waals surface area contributed by atoms with Crippen molar-refractivity contribution in [3.63, 3.8) is 0 Å². The van der Waals surface area contributed by atoms with E-state index in [4.69, 9.17) is 16.3 Å². The minimum atomic E-state index is -4.23. The number of hydrogen-bond acceptors (Lipinski definition) is 7. The lowest BCUT2D eigenvalue weighted by molar-refractivity contribution is 0.185. The van der Waals surface area contributed by atoms with Gasteiger partial charge in [-0.2, -0.15) is 4.37 Å². The van der Waals surface area contributed by atoms with Crippen LogP contribution in [-0.2, 0) is 10.0 Å². The molecule has 1 aliphatic heterocycles. The number of anilines is 1. The van der Waals surface area contributed by atoms with Crippen LogP contribution < -0.4 is 14.8 Å². The van der Waals surface area contributed by atoms with Crippen LogP contribution in [-0.4, -0.2) is 37.5 Å². The van der Waals surface area contributed by atoms with Crippen LogP contribution in [0.2, 0.25) is 5.02 Å². The van der Waals surface area contributed by atoms with Gasteiger partial charge in [-0.15, -0.1) is 0 Å². The molecule has 1 saturated heterocycles. The van der Waals surface area contributed by atoms with Gasteiger partial charge in [0.2, 0.25) is 5.13 Å². The highest BCUT2D eigenvalue weighted by Crippen LogP contribution is 2.33. The molecule has 4 rings (SSSR count). The molecule has 2 heterocycles. The maximum Gasteiger partial charge on any atom is 0.263 e. The number of piperidine rings is 1. The molecule has 1 fully saturated rings. The Balaban J connectivity index is 1.49. The van der Waals surface area contributed by atoms with Crippen LogP contribution >= 0.6 is 23.1 Å². The van der Waals surface area contributed by atoms with Gasteiger partial charge in [0.15, 0.2) is 17.4 Å². The van der Waals surface area contributed by atoms with Gasteiger partial charge in [-0.25, -0.2) is 22.2 Å². The summed E-state index contributed by atoms with van der Waals surface area (Å²) in [6, 6.07) is 8.94. The molecule has 7 nitrogen and oxygen atoms in total. The highest BCUT2D eigenvalue weighted by molar-refractivity contribution is 7.93. The van der Waals surface area contributed by atoms with E-state index in [9.17, 15) is 17.2 Å². The lowest BCUT2D eigenvalue weighted by Crippen LogP contribution is -2.38. The van der Waals surface area contributed by atoms with Crippen molar-refractivity contribution in [2.75, 3.05) is 24.4 Å². The Morgan fingerprint density at radius 1 is 1.22 bits per heavy atom. The quantitative estimate of drug-likeness (QED) is 0.508. The third-order valence-corrected chi connectivity index (χ3v) is 7.49. The van der Waals surface area contributed by atoms with Crippen LogP contribution in [0.3, 0.4) is 0 Å². The second-order valence-corrected chi connectivity index (χ2v) is 10.2. The number of rotatable bonds is 7. The molecule has 3 aromatic rings. The smallest absolute Gasteiger partial charge is 0.263 e. The number of nitrogens with zero attached hydrogens (tertiary/aromatic N) is 2. The second kappa shape index (κ2) is 9.65. The van der Waals surface area contributed by atoms with Crippen LogP contribution in [0, 0.1) is 17.6 Å². The van der Waals surface area contributed by atoms with Gasteiger partial charge in [-0.1, -0.05) is 23.7 Å². The summed E-state index contributed by atoms with van der Waals surface area (Å²) in [5.74, 6) is -2.72. The van der Waals surface area contributed by atoms with E-state index in [0.717, 1.165) is 48.5 Å². The van der Waals surface area contributed by atoms with Gasteiger partial charge in [-0.3, -0.25) is 4.72 Å². The molecule has 32 heavy (non-hydrogen) atoms. The van der Waals surface area contributed by atoms with Crippen molar-refractivity contribution in [2.24, 2.45) is 5.92 Å². The number of sulfonamides is 1. The average Bonchev–Trinajstić information content (AvgIpc) is 3.26. The summed E-state index contributed by atoms with van der Waals surface area (Å²) in [5.41, 5.74) is 1.08. The van der Waals surface area contributed by atoms with Gasteiger partial charge >= 0.3 is 0 Å². The van der Waals surface area contributed by atoms with Gasteiger partial charge in [0.25, 0.3) is 10.0 Å². The molecule has 0 saturated carbocycles. The van der Waals surface area contributed by atoms with E-state index in [2.05, 4.69) is 19.4 Å². The number of halogens is 3. The standard InChI is InChI=1S/C20H19ClF2N4O3S2/c21-14-3-1-12(2-4-14)16-5-6-24-9-13(16)10-30-19-17(22)7-15(8-18(19)23)32(28,29)27-20-25-11-26-31-20/h1-4,7-8,11,13,16,24H,5-6,9-10H2,(H,25,26,27). The minimum Gasteiger partial charge on any atom is -0.487 e. The molecule has 0 amide bonds. The molecule has 2 atom stereocenters. The summed E-state index contributed by atoms with van der Waals surface area (Å²) < 4.78 is 65.3. The van der Waals surface area contributed by atoms with Gasteiger partial charge in [0.1, 0.15) is 6.33 Å². The Kier molecular flexibility index (Phi) is 6.89. The average molecular weight is 501 g/mol. The number of aromatic nitrogens is 2. The Labute approximate surface area is 193 Å². The van der Waals surface area contributed by atoms with Gasteiger partial charge in [-0.05, 0) is 48.7 Å². The van der Waals surface area contributed by atoms with Gasteiger partial charge in [0, 0.05) is 29.0 Å².